The second kappa shape index (κ2) is 6.90. The highest BCUT2D eigenvalue weighted by molar-refractivity contribution is 5.72. The number of benzene rings is 2. The summed E-state index contributed by atoms with van der Waals surface area (Å²) in [5.74, 6) is -0.125. The van der Waals surface area contributed by atoms with E-state index in [0.717, 1.165) is 0 Å². The second-order valence-electron chi connectivity index (χ2n) is 5.41. The fourth-order valence-corrected chi connectivity index (χ4v) is 2.42. The SMILES string of the molecule is Fc1cccc(-n2nnc3cnc(Nc4ccc(OC(F)F)cc4)nc32)c1. The molecular formula is C17H11F3N6O. The third-order valence-corrected chi connectivity index (χ3v) is 3.58. The quantitative estimate of drug-likeness (QED) is 0.576. The predicted molar refractivity (Wildman–Crippen MR) is 90.8 cm³/mol. The van der Waals surface area contributed by atoms with Gasteiger partial charge in [-0.25, -0.2) is 9.37 Å². The molecule has 0 saturated heterocycles. The number of nitrogens with one attached hydrogen (secondary N) is 1. The standard InChI is InChI=1S/C17H11F3N6O/c18-10-2-1-3-12(8-10)26-15-14(24-25-26)9-21-17(23-15)22-11-4-6-13(7-5-11)27-16(19)20/h1-9,16H,(H,21,22,23). The smallest absolute Gasteiger partial charge is 0.387 e. The number of ether oxygens (including phenoxy) is 1. The molecule has 136 valence electrons. The molecule has 0 unspecified atom stereocenters. The fourth-order valence-electron chi connectivity index (χ4n) is 2.42. The van der Waals surface area contributed by atoms with E-state index in [1.54, 1.807) is 24.3 Å². The number of aromatic nitrogens is 5. The summed E-state index contributed by atoms with van der Waals surface area (Å²) in [6.45, 7) is -2.88. The van der Waals surface area contributed by atoms with Crippen molar-refractivity contribution in [3.05, 3.63) is 60.5 Å². The molecule has 0 fully saturated rings. The Morgan fingerprint density at radius 3 is 2.63 bits per heavy atom. The third kappa shape index (κ3) is 3.64. The number of nitrogens with zero attached hydrogens (tertiary/aromatic N) is 5. The first-order valence-corrected chi connectivity index (χ1v) is 7.75. The first-order chi connectivity index (χ1) is 13.1. The Kier molecular flexibility index (Phi) is 4.29. The molecule has 4 aromatic rings. The van der Waals surface area contributed by atoms with Crippen LogP contribution in [-0.4, -0.2) is 31.6 Å². The highest BCUT2D eigenvalue weighted by atomic mass is 19.3. The molecule has 0 amide bonds. The molecule has 0 aliphatic heterocycles. The largest absolute Gasteiger partial charge is 0.435 e. The van der Waals surface area contributed by atoms with E-state index in [1.165, 1.54) is 35.1 Å². The summed E-state index contributed by atoms with van der Waals surface area (Å²) < 4.78 is 43.6. The second-order valence-corrected chi connectivity index (χ2v) is 5.41. The van der Waals surface area contributed by atoms with Gasteiger partial charge in [0.1, 0.15) is 11.6 Å². The summed E-state index contributed by atoms with van der Waals surface area (Å²) in [5, 5.41) is 10.9. The first-order valence-electron chi connectivity index (χ1n) is 7.75. The van der Waals surface area contributed by atoms with Gasteiger partial charge >= 0.3 is 6.61 Å². The van der Waals surface area contributed by atoms with Crippen LogP contribution in [0.25, 0.3) is 16.9 Å². The van der Waals surface area contributed by atoms with Crippen LogP contribution in [0.2, 0.25) is 0 Å². The van der Waals surface area contributed by atoms with Gasteiger partial charge in [-0.15, -0.1) is 5.10 Å². The number of rotatable bonds is 5. The van der Waals surface area contributed by atoms with Gasteiger partial charge in [0.05, 0.1) is 11.9 Å². The Bertz CT molecular complexity index is 1080. The zero-order valence-electron chi connectivity index (χ0n) is 13.6. The Labute approximate surface area is 150 Å². The van der Waals surface area contributed by atoms with Crippen molar-refractivity contribution in [2.75, 3.05) is 5.32 Å². The molecule has 1 N–H and O–H groups in total. The van der Waals surface area contributed by atoms with E-state index in [9.17, 15) is 13.2 Å². The monoisotopic (exact) mass is 372 g/mol. The minimum absolute atomic E-state index is 0.0419. The van der Waals surface area contributed by atoms with Gasteiger partial charge in [0, 0.05) is 5.69 Å². The lowest BCUT2D eigenvalue weighted by Gasteiger charge is -2.07. The molecule has 27 heavy (non-hydrogen) atoms. The van der Waals surface area contributed by atoms with Crippen molar-refractivity contribution in [1.29, 1.82) is 0 Å². The minimum Gasteiger partial charge on any atom is -0.435 e. The van der Waals surface area contributed by atoms with Crippen LogP contribution in [-0.2, 0) is 0 Å². The maximum atomic E-state index is 13.5. The molecule has 2 aromatic carbocycles. The van der Waals surface area contributed by atoms with E-state index < -0.39 is 12.4 Å². The van der Waals surface area contributed by atoms with E-state index in [4.69, 9.17) is 0 Å². The van der Waals surface area contributed by atoms with E-state index in [2.05, 4.69) is 30.3 Å². The van der Waals surface area contributed by atoms with Crippen LogP contribution in [0, 0.1) is 5.82 Å². The van der Waals surface area contributed by atoms with Crippen LogP contribution in [0.4, 0.5) is 24.8 Å². The van der Waals surface area contributed by atoms with Crippen molar-refractivity contribution < 1.29 is 17.9 Å². The highest BCUT2D eigenvalue weighted by Gasteiger charge is 2.11. The number of hydrogen-bond donors (Lipinski definition) is 1. The highest BCUT2D eigenvalue weighted by Crippen LogP contribution is 2.21. The zero-order valence-corrected chi connectivity index (χ0v) is 13.6. The molecule has 0 aliphatic carbocycles. The maximum Gasteiger partial charge on any atom is 0.387 e. The summed E-state index contributed by atoms with van der Waals surface area (Å²) in [6, 6.07) is 11.8. The van der Waals surface area contributed by atoms with Gasteiger partial charge in [0.15, 0.2) is 11.2 Å². The summed E-state index contributed by atoms with van der Waals surface area (Å²) >= 11 is 0. The summed E-state index contributed by atoms with van der Waals surface area (Å²) in [5.41, 5.74) is 1.86. The van der Waals surface area contributed by atoms with Crippen molar-refractivity contribution in [2.45, 2.75) is 6.61 Å². The Balaban J connectivity index is 1.62. The maximum absolute atomic E-state index is 13.5. The fraction of sp³-hybridized carbons (Fsp3) is 0.0588. The first kappa shape index (κ1) is 16.8. The number of halogens is 3. The van der Waals surface area contributed by atoms with Gasteiger partial charge in [-0.3, -0.25) is 0 Å². The molecule has 0 spiro atoms. The van der Waals surface area contributed by atoms with Crippen molar-refractivity contribution >= 4 is 22.8 Å². The van der Waals surface area contributed by atoms with Crippen molar-refractivity contribution in [3.8, 4) is 11.4 Å². The van der Waals surface area contributed by atoms with Gasteiger partial charge < -0.3 is 10.1 Å². The van der Waals surface area contributed by atoms with Crippen molar-refractivity contribution in [2.24, 2.45) is 0 Å². The van der Waals surface area contributed by atoms with Gasteiger partial charge in [0.2, 0.25) is 5.95 Å². The van der Waals surface area contributed by atoms with Gasteiger partial charge in [-0.2, -0.15) is 18.4 Å². The topological polar surface area (TPSA) is 77.8 Å². The van der Waals surface area contributed by atoms with E-state index in [0.29, 0.717) is 22.5 Å². The van der Waals surface area contributed by atoms with Crippen LogP contribution < -0.4 is 10.1 Å². The number of alkyl halides is 2. The molecule has 0 bridgehead atoms. The molecule has 2 aromatic heterocycles. The Morgan fingerprint density at radius 2 is 1.89 bits per heavy atom. The summed E-state index contributed by atoms with van der Waals surface area (Å²) in [4.78, 5) is 8.48. The Hall–Kier alpha value is -3.69. The van der Waals surface area contributed by atoms with Crippen LogP contribution in [0.1, 0.15) is 0 Å². The molecule has 2 heterocycles. The van der Waals surface area contributed by atoms with Crippen LogP contribution in [0.3, 0.4) is 0 Å². The number of fused-ring (bicyclic) bond motifs is 1. The summed E-state index contributed by atoms with van der Waals surface area (Å²) in [7, 11) is 0. The average Bonchev–Trinajstić information content (AvgIpc) is 3.06. The normalized spacial score (nSPS) is 11.1. The van der Waals surface area contributed by atoms with Gasteiger partial charge in [-0.05, 0) is 42.5 Å². The molecule has 0 saturated carbocycles. The van der Waals surface area contributed by atoms with E-state index in [-0.39, 0.29) is 11.7 Å². The number of anilines is 2. The van der Waals surface area contributed by atoms with E-state index in [1.807, 2.05) is 0 Å². The lowest BCUT2D eigenvalue weighted by Crippen LogP contribution is -2.03. The lowest BCUT2D eigenvalue weighted by atomic mass is 10.3. The van der Waals surface area contributed by atoms with Crippen LogP contribution >= 0.6 is 0 Å². The minimum atomic E-state index is -2.88. The molecule has 7 nitrogen and oxygen atoms in total. The van der Waals surface area contributed by atoms with Crippen LogP contribution in [0.15, 0.2) is 54.7 Å². The van der Waals surface area contributed by atoms with Crippen molar-refractivity contribution in [1.82, 2.24) is 25.0 Å². The van der Waals surface area contributed by atoms with Gasteiger partial charge in [-0.1, -0.05) is 11.3 Å². The molecule has 0 aliphatic rings. The zero-order chi connectivity index (χ0) is 18.8. The molecule has 0 atom stereocenters. The van der Waals surface area contributed by atoms with Crippen LogP contribution in [0.5, 0.6) is 5.75 Å². The summed E-state index contributed by atoms with van der Waals surface area (Å²) in [6.07, 6.45) is 1.47. The molecule has 10 heteroatoms. The average molecular weight is 372 g/mol. The third-order valence-electron chi connectivity index (χ3n) is 3.58. The molecule has 0 radical (unpaired) electrons. The Morgan fingerprint density at radius 1 is 1.07 bits per heavy atom. The molecule has 4 rings (SSSR count). The lowest BCUT2D eigenvalue weighted by molar-refractivity contribution is -0.0498. The van der Waals surface area contributed by atoms with Gasteiger partial charge in [0.25, 0.3) is 0 Å². The van der Waals surface area contributed by atoms with Crippen molar-refractivity contribution in [3.63, 3.8) is 0 Å². The predicted octanol–water partition coefficient (Wildman–Crippen LogP) is 3.69. The van der Waals surface area contributed by atoms with E-state index >= 15 is 0 Å². The molecular weight excluding hydrogens is 361 g/mol. The number of hydrogen-bond acceptors (Lipinski definition) is 6.